The lowest BCUT2D eigenvalue weighted by atomic mass is 9.86. The third kappa shape index (κ3) is 2.86. The Morgan fingerprint density at radius 3 is 2.44 bits per heavy atom. The standard InChI is InChI=1S/C16H25NO/c1-12(2)15-6-8-17(9-7-15)16-5-4-14(11-18)10-13(16)3/h4-5,10,12,15,18H,6-9,11H2,1-3H3. The number of benzene rings is 1. The van der Waals surface area contributed by atoms with Crippen LogP contribution in [0.3, 0.4) is 0 Å². The van der Waals surface area contributed by atoms with Gasteiger partial charge in [0.15, 0.2) is 0 Å². The first kappa shape index (κ1) is 13.4. The van der Waals surface area contributed by atoms with Gasteiger partial charge in [0.1, 0.15) is 0 Å². The third-order valence-corrected chi connectivity index (χ3v) is 4.27. The zero-order valence-electron chi connectivity index (χ0n) is 11.8. The fourth-order valence-corrected chi connectivity index (χ4v) is 2.98. The molecule has 0 aliphatic carbocycles. The second-order valence-electron chi connectivity index (χ2n) is 5.85. The Hall–Kier alpha value is -1.02. The van der Waals surface area contributed by atoms with Crippen molar-refractivity contribution in [3.63, 3.8) is 0 Å². The van der Waals surface area contributed by atoms with E-state index in [0.717, 1.165) is 17.4 Å². The molecule has 18 heavy (non-hydrogen) atoms. The number of aliphatic hydroxyl groups is 1. The maximum Gasteiger partial charge on any atom is 0.0681 e. The van der Waals surface area contributed by atoms with E-state index >= 15 is 0 Å². The second-order valence-corrected chi connectivity index (χ2v) is 5.85. The number of piperidine rings is 1. The summed E-state index contributed by atoms with van der Waals surface area (Å²) < 4.78 is 0. The Kier molecular flexibility index (Phi) is 4.28. The molecule has 1 fully saturated rings. The molecular formula is C16H25NO. The molecule has 2 nitrogen and oxygen atoms in total. The van der Waals surface area contributed by atoms with Crippen LogP contribution in [0.4, 0.5) is 5.69 Å². The van der Waals surface area contributed by atoms with Gasteiger partial charge in [-0.05, 0) is 48.8 Å². The summed E-state index contributed by atoms with van der Waals surface area (Å²) >= 11 is 0. The average molecular weight is 247 g/mol. The largest absolute Gasteiger partial charge is 0.392 e. The van der Waals surface area contributed by atoms with Crippen LogP contribution in [-0.4, -0.2) is 18.2 Å². The average Bonchev–Trinajstić information content (AvgIpc) is 2.38. The van der Waals surface area contributed by atoms with E-state index in [1.807, 2.05) is 6.07 Å². The lowest BCUT2D eigenvalue weighted by Crippen LogP contribution is -2.35. The van der Waals surface area contributed by atoms with Crippen LogP contribution in [0.15, 0.2) is 18.2 Å². The molecule has 2 rings (SSSR count). The molecule has 0 amide bonds. The van der Waals surface area contributed by atoms with Crippen LogP contribution in [0.5, 0.6) is 0 Å². The predicted molar refractivity (Wildman–Crippen MR) is 76.9 cm³/mol. The molecule has 1 aliphatic rings. The van der Waals surface area contributed by atoms with E-state index in [-0.39, 0.29) is 6.61 Å². The molecule has 1 aromatic carbocycles. The minimum atomic E-state index is 0.135. The summed E-state index contributed by atoms with van der Waals surface area (Å²) in [5.41, 5.74) is 3.63. The van der Waals surface area contributed by atoms with Crippen molar-refractivity contribution in [1.82, 2.24) is 0 Å². The van der Waals surface area contributed by atoms with Crippen molar-refractivity contribution >= 4 is 5.69 Å². The summed E-state index contributed by atoms with van der Waals surface area (Å²) in [6, 6.07) is 6.30. The molecule has 0 spiro atoms. The zero-order chi connectivity index (χ0) is 13.1. The normalized spacial score (nSPS) is 17.5. The molecule has 0 bridgehead atoms. The maximum atomic E-state index is 9.15. The van der Waals surface area contributed by atoms with Gasteiger partial charge in [0, 0.05) is 18.8 Å². The molecule has 0 radical (unpaired) electrons. The third-order valence-electron chi connectivity index (χ3n) is 4.27. The second kappa shape index (κ2) is 5.75. The van der Waals surface area contributed by atoms with Gasteiger partial charge in [0.05, 0.1) is 6.61 Å². The SMILES string of the molecule is Cc1cc(CO)ccc1N1CCC(C(C)C)CC1. The molecule has 1 aromatic rings. The molecule has 1 heterocycles. The first-order valence-electron chi connectivity index (χ1n) is 7.07. The van der Waals surface area contributed by atoms with Crippen LogP contribution < -0.4 is 4.90 Å². The summed E-state index contributed by atoms with van der Waals surface area (Å²) in [4.78, 5) is 2.50. The van der Waals surface area contributed by atoms with E-state index in [4.69, 9.17) is 5.11 Å². The van der Waals surface area contributed by atoms with E-state index in [2.05, 4.69) is 37.8 Å². The Balaban J connectivity index is 2.05. The molecule has 0 unspecified atom stereocenters. The predicted octanol–water partition coefficient (Wildman–Crippen LogP) is 3.36. The van der Waals surface area contributed by atoms with Gasteiger partial charge in [0.25, 0.3) is 0 Å². The summed E-state index contributed by atoms with van der Waals surface area (Å²) in [5.74, 6) is 1.70. The lowest BCUT2D eigenvalue weighted by Gasteiger charge is -2.36. The number of anilines is 1. The van der Waals surface area contributed by atoms with Crippen LogP contribution in [0.2, 0.25) is 0 Å². The summed E-state index contributed by atoms with van der Waals surface area (Å²) in [5, 5.41) is 9.15. The highest BCUT2D eigenvalue weighted by molar-refractivity contribution is 5.54. The van der Waals surface area contributed by atoms with E-state index < -0.39 is 0 Å². The van der Waals surface area contributed by atoms with Crippen molar-refractivity contribution in [2.24, 2.45) is 11.8 Å². The lowest BCUT2D eigenvalue weighted by molar-refractivity contribution is 0.281. The van der Waals surface area contributed by atoms with Crippen molar-refractivity contribution < 1.29 is 5.11 Å². The summed E-state index contributed by atoms with van der Waals surface area (Å²) in [7, 11) is 0. The highest BCUT2D eigenvalue weighted by atomic mass is 16.3. The van der Waals surface area contributed by atoms with E-state index in [1.165, 1.54) is 37.2 Å². The van der Waals surface area contributed by atoms with Crippen LogP contribution in [0.1, 0.15) is 37.8 Å². The molecule has 2 heteroatoms. The van der Waals surface area contributed by atoms with Crippen molar-refractivity contribution in [2.45, 2.75) is 40.2 Å². The zero-order valence-corrected chi connectivity index (χ0v) is 11.8. The number of nitrogens with zero attached hydrogens (tertiary/aromatic N) is 1. The van der Waals surface area contributed by atoms with Crippen LogP contribution in [-0.2, 0) is 6.61 Å². The van der Waals surface area contributed by atoms with E-state index in [0.29, 0.717) is 0 Å². The molecular weight excluding hydrogens is 222 g/mol. The fourth-order valence-electron chi connectivity index (χ4n) is 2.98. The molecule has 0 aromatic heterocycles. The number of rotatable bonds is 3. The van der Waals surface area contributed by atoms with Crippen molar-refractivity contribution in [3.8, 4) is 0 Å². The van der Waals surface area contributed by atoms with Gasteiger partial charge in [-0.3, -0.25) is 0 Å². The van der Waals surface area contributed by atoms with Gasteiger partial charge in [-0.15, -0.1) is 0 Å². The highest BCUT2D eigenvalue weighted by Gasteiger charge is 2.22. The number of aryl methyl sites for hydroxylation is 1. The number of hydrogen-bond acceptors (Lipinski definition) is 2. The molecule has 1 N–H and O–H groups in total. The van der Waals surface area contributed by atoms with Gasteiger partial charge in [0.2, 0.25) is 0 Å². The first-order valence-corrected chi connectivity index (χ1v) is 7.07. The van der Waals surface area contributed by atoms with Gasteiger partial charge in [-0.25, -0.2) is 0 Å². The Morgan fingerprint density at radius 2 is 1.94 bits per heavy atom. The topological polar surface area (TPSA) is 23.5 Å². The Labute approximate surface area is 111 Å². The monoisotopic (exact) mass is 247 g/mol. The molecule has 100 valence electrons. The van der Waals surface area contributed by atoms with Crippen LogP contribution in [0.25, 0.3) is 0 Å². The number of hydrogen-bond donors (Lipinski definition) is 1. The molecule has 0 atom stereocenters. The molecule has 0 saturated carbocycles. The Morgan fingerprint density at radius 1 is 1.28 bits per heavy atom. The smallest absolute Gasteiger partial charge is 0.0681 e. The van der Waals surface area contributed by atoms with E-state index in [9.17, 15) is 0 Å². The van der Waals surface area contributed by atoms with Gasteiger partial charge in [-0.2, -0.15) is 0 Å². The number of aliphatic hydroxyl groups excluding tert-OH is 1. The van der Waals surface area contributed by atoms with Crippen molar-refractivity contribution in [2.75, 3.05) is 18.0 Å². The summed E-state index contributed by atoms with van der Waals surface area (Å²) in [6.07, 6.45) is 2.61. The summed E-state index contributed by atoms with van der Waals surface area (Å²) in [6.45, 7) is 9.28. The van der Waals surface area contributed by atoms with Gasteiger partial charge in [-0.1, -0.05) is 26.0 Å². The Bertz CT molecular complexity index is 392. The van der Waals surface area contributed by atoms with E-state index in [1.54, 1.807) is 0 Å². The quantitative estimate of drug-likeness (QED) is 0.885. The minimum Gasteiger partial charge on any atom is -0.392 e. The van der Waals surface area contributed by atoms with Crippen molar-refractivity contribution in [1.29, 1.82) is 0 Å². The highest BCUT2D eigenvalue weighted by Crippen LogP contribution is 2.29. The van der Waals surface area contributed by atoms with Crippen molar-refractivity contribution in [3.05, 3.63) is 29.3 Å². The minimum absolute atomic E-state index is 0.135. The molecule has 1 aliphatic heterocycles. The first-order chi connectivity index (χ1) is 8.61. The fraction of sp³-hybridized carbons (Fsp3) is 0.625. The van der Waals surface area contributed by atoms with Crippen LogP contribution in [0, 0.1) is 18.8 Å². The molecule has 1 saturated heterocycles. The van der Waals surface area contributed by atoms with Gasteiger partial charge < -0.3 is 10.0 Å². The maximum absolute atomic E-state index is 9.15. The van der Waals surface area contributed by atoms with Crippen LogP contribution >= 0.6 is 0 Å². The van der Waals surface area contributed by atoms with Gasteiger partial charge >= 0.3 is 0 Å².